The van der Waals surface area contributed by atoms with E-state index < -0.39 is 47.7 Å². The van der Waals surface area contributed by atoms with E-state index in [0.717, 1.165) is 27.5 Å². The molecule has 2 atom stereocenters. The van der Waals surface area contributed by atoms with E-state index in [1.54, 1.807) is 31.1 Å². The zero-order chi connectivity index (χ0) is 33.9. The number of likely N-dealkylation sites (N-methyl/N-ethyl adjacent to an activating group) is 1. The summed E-state index contributed by atoms with van der Waals surface area (Å²) in [7, 11) is 3.45. The Bertz CT molecular complexity index is 1770. The van der Waals surface area contributed by atoms with Crippen molar-refractivity contribution in [1.82, 2.24) is 19.8 Å². The highest BCUT2D eigenvalue weighted by atomic mass is 19.4. The van der Waals surface area contributed by atoms with E-state index in [0.29, 0.717) is 28.3 Å². The summed E-state index contributed by atoms with van der Waals surface area (Å²) in [4.78, 5) is 45.3. The van der Waals surface area contributed by atoms with E-state index in [1.165, 1.54) is 6.39 Å². The average molecular weight is 641 g/mol. The molecule has 4 rings (SSSR count). The number of nitrogens with one attached hydrogen (secondary N) is 1. The number of aromatic nitrogens is 2. The lowest BCUT2D eigenvalue weighted by Gasteiger charge is -2.26. The van der Waals surface area contributed by atoms with Gasteiger partial charge in [0, 0.05) is 24.4 Å². The van der Waals surface area contributed by atoms with E-state index in [1.807, 2.05) is 45.9 Å². The predicted molar refractivity (Wildman–Crippen MR) is 169 cm³/mol. The number of hydrogen-bond donors (Lipinski definition) is 2. The fraction of sp³-hybridized carbons (Fsp3) is 0.412. The smallest absolute Gasteiger partial charge is 0.416 e. The van der Waals surface area contributed by atoms with Gasteiger partial charge in [-0.05, 0) is 86.7 Å². The Labute approximate surface area is 265 Å². The van der Waals surface area contributed by atoms with Gasteiger partial charge in [-0.25, -0.2) is 4.98 Å². The molecule has 0 fully saturated rings. The van der Waals surface area contributed by atoms with Crippen molar-refractivity contribution in [2.75, 3.05) is 20.6 Å². The van der Waals surface area contributed by atoms with Crippen LogP contribution in [0.4, 0.5) is 13.2 Å². The molecule has 2 aromatic carbocycles. The number of oxazole rings is 1. The van der Waals surface area contributed by atoms with Crippen LogP contribution in [0.25, 0.3) is 22.2 Å². The van der Waals surface area contributed by atoms with E-state index in [9.17, 15) is 32.7 Å². The minimum atomic E-state index is -4.75. The van der Waals surface area contributed by atoms with Gasteiger partial charge in [-0.1, -0.05) is 32.0 Å². The van der Waals surface area contributed by atoms with Crippen LogP contribution in [0.1, 0.15) is 66.6 Å². The number of benzene rings is 2. The maximum atomic E-state index is 14.0. The SMILES string of the molecule is Cc1cccc(C)c1-c1cc(C(CC(=O)O)NC(=O)C(CC(C)C)n2cc(CCN(C)C)c(C(F)(F)F)cc2=O)cc2ncoc12. The number of carboxylic acid groups (broad SMARTS) is 1. The average Bonchev–Trinajstić information content (AvgIpc) is 3.43. The van der Waals surface area contributed by atoms with E-state index >= 15 is 0 Å². The lowest BCUT2D eigenvalue weighted by atomic mass is 9.91. The van der Waals surface area contributed by atoms with Crippen molar-refractivity contribution in [2.24, 2.45) is 5.92 Å². The van der Waals surface area contributed by atoms with Gasteiger partial charge < -0.3 is 24.3 Å². The number of carbonyl (C=O) groups is 2. The quantitative estimate of drug-likeness (QED) is 0.186. The molecule has 0 bridgehead atoms. The van der Waals surface area contributed by atoms with Crippen molar-refractivity contribution in [3.8, 4) is 11.1 Å². The third-order valence-electron chi connectivity index (χ3n) is 7.93. The molecular formula is C34H39F3N4O5. The Balaban J connectivity index is 1.81. The minimum Gasteiger partial charge on any atom is -0.481 e. The van der Waals surface area contributed by atoms with Crippen molar-refractivity contribution in [1.29, 1.82) is 0 Å². The van der Waals surface area contributed by atoms with Gasteiger partial charge in [0.15, 0.2) is 12.0 Å². The summed E-state index contributed by atoms with van der Waals surface area (Å²) >= 11 is 0. The second-order valence-electron chi connectivity index (χ2n) is 12.3. The molecule has 0 saturated heterocycles. The van der Waals surface area contributed by atoms with Crippen LogP contribution in [0.5, 0.6) is 0 Å². The summed E-state index contributed by atoms with van der Waals surface area (Å²) in [6.45, 7) is 7.83. The minimum absolute atomic E-state index is 0.00140. The van der Waals surface area contributed by atoms with Gasteiger partial charge >= 0.3 is 12.1 Å². The standard InChI is InChI=1S/C34H39F3N4O5/c1-19(2)12-28(41-17-22(10-11-40(5)6)25(15-29(41)42)34(35,36)37)33(45)39-26(16-30(43)44)23-13-24(32-27(14-23)38-18-46-32)31-20(3)8-7-9-21(31)4/h7-9,13-15,17-19,26,28H,10-12,16H2,1-6H3,(H,39,45)(H,43,44). The van der Waals surface area contributed by atoms with E-state index in [4.69, 9.17) is 4.42 Å². The molecule has 2 unspecified atom stereocenters. The number of aliphatic carboxylic acids is 1. The number of aryl methyl sites for hydroxylation is 2. The van der Waals surface area contributed by atoms with Crippen LogP contribution in [0.15, 0.2) is 58.2 Å². The molecule has 0 radical (unpaired) electrons. The fourth-order valence-electron chi connectivity index (χ4n) is 5.75. The molecule has 9 nitrogen and oxygen atoms in total. The zero-order valence-corrected chi connectivity index (χ0v) is 26.7. The Morgan fingerprint density at radius 1 is 1.11 bits per heavy atom. The molecule has 0 saturated carbocycles. The van der Waals surface area contributed by atoms with Crippen molar-refractivity contribution in [3.05, 3.63) is 87.2 Å². The zero-order valence-electron chi connectivity index (χ0n) is 26.7. The second-order valence-corrected chi connectivity index (χ2v) is 12.3. The van der Waals surface area contributed by atoms with Crippen LogP contribution in [0, 0.1) is 19.8 Å². The van der Waals surface area contributed by atoms with Gasteiger partial charge in [-0.2, -0.15) is 13.2 Å². The van der Waals surface area contributed by atoms with Gasteiger partial charge in [0.2, 0.25) is 5.91 Å². The van der Waals surface area contributed by atoms with Crippen LogP contribution in [0.2, 0.25) is 0 Å². The summed E-state index contributed by atoms with van der Waals surface area (Å²) in [6.07, 6.45) is -2.71. The van der Waals surface area contributed by atoms with Crippen molar-refractivity contribution < 1.29 is 32.3 Å². The fourth-order valence-corrected chi connectivity index (χ4v) is 5.75. The van der Waals surface area contributed by atoms with Crippen molar-refractivity contribution >= 4 is 23.0 Å². The van der Waals surface area contributed by atoms with Crippen LogP contribution < -0.4 is 10.9 Å². The maximum absolute atomic E-state index is 14.0. The van der Waals surface area contributed by atoms with Crippen LogP contribution in [-0.2, 0) is 22.2 Å². The van der Waals surface area contributed by atoms with Gasteiger partial charge in [-0.3, -0.25) is 14.4 Å². The molecule has 0 aliphatic rings. The number of rotatable bonds is 12. The number of hydrogen-bond acceptors (Lipinski definition) is 6. The molecule has 1 amide bonds. The number of carbonyl (C=O) groups excluding carboxylic acids is 1. The summed E-state index contributed by atoms with van der Waals surface area (Å²) in [5, 5.41) is 12.7. The number of fused-ring (bicyclic) bond motifs is 1. The molecule has 46 heavy (non-hydrogen) atoms. The third kappa shape index (κ3) is 7.85. The number of halogens is 3. The molecule has 12 heteroatoms. The Hall–Kier alpha value is -4.45. The molecule has 2 aromatic heterocycles. The maximum Gasteiger partial charge on any atom is 0.416 e. The molecule has 0 spiro atoms. The highest BCUT2D eigenvalue weighted by molar-refractivity contribution is 5.93. The summed E-state index contributed by atoms with van der Waals surface area (Å²) in [5.41, 5.74) is 2.75. The van der Waals surface area contributed by atoms with Crippen molar-refractivity contribution in [3.63, 3.8) is 0 Å². The molecule has 246 valence electrons. The number of pyridine rings is 1. The van der Waals surface area contributed by atoms with Crippen LogP contribution in [-0.4, -0.2) is 52.1 Å². The highest BCUT2D eigenvalue weighted by Gasteiger charge is 2.36. The van der Waals surface area contributed by atoms with Crippen LogP contribution >= 0.6 is 0 Å². The molecule has 0 aliphatic heterocycles. The van der Waals surface area contributed by atoms with Crippen LogP contribution in [0.3, 0.4) is 0 Å². The van der Waals surface area contributed by atoms with E-state index in [2.05, 4.69) is 10.3 Å². The number of alkyl halides is 3. The summed E-state index contributed by atoms with van der Waals surface area (Å²) < 4.78 is 48.5. The lowest BCUT2D eigenvalue weighted by molar-refractivity contribution is -0.139. The Morgan fingerprint density at radius 3 is 2.37 bits per heavy atom. The Morgan fingerprint density at radius 2 is 1.78 bits per heavy atom. The topological polar surface area (TPSA) is 118 Å². The van der Waals surface area contributed by atoms with Gasteiger partial charge in [0.05, 0.1) is 18.0 Å². The number of carboxylic acids is 1. The van der Waals surface area contributed by atoms with E-state index in [-0.39, 0.29) is 30.9 Å². The first-order valence-electron chi connectivity index (χ1n) is 15.0. The normalized spacial score (nSPS) is 13.4. The van der Waals surface area contributed by atoms with Gasteiger partial charge in [0.1, 0.15) is 11.6 Å². The molecular weight excluding hydrogens is 601 g/mol. The Kier molecular flexibility index (Phi) is 10.4. The lowest BCUT2D eigenvalue weighted by Crippen LogP contribution is -2.40. The number of amides is 1. The largest absolute Gasteiger partial charge is 0.481 e. The first kappa shape index (κ1) is 34.4. The molecule has 0 aliphatic carbocycles. The number of nitrogens with zero attached hydrogens (tertiary/aromatic N) is 3. The van der Waals surface area contributed by atoms with Crippen molar-refractivity contribution in [2.45, 2.75) is 65.2 Å². The first-order valence-corrected chi connectivity index (χ1v) is 15.0. The first-order chi connectivity index (χ1) is 21.6. The molecule has 2 N–H and O–H groups in total. The van der Waals surface area contributed by atoms with Gasteiger partial charge in [0.25, 0.3) is 5.56 Å². The summed E-state index contributed by atoms with van der Waals surface area (Å²) in [5.74, 6) is -2.00. The third-order valence-corrected chi connectivity index (χ3v) is 7.93. The monoisotopic (exact) mass is 640 g/mol. The molecule has 4 aromatic rings. The predicted octanol–water partition coefficient (Wildman–Crippen LogP) is 6.32. The second kappa shape index (κ2) is 13.9. The summed E-state index contributed by atoms with van der Waals surface area (Å²) in [6, 6.07) is 7.50. The van der Waals surface area contributed by atoms with Gasteiger partial charge in [-0.15, -0.1) is 0 Å². The highest BCUT2D eigenvalue weighted by Crippen LogP contribution is 2.37. The molecule has 2 heterocycles.